The Labute approximate surface area is 138 Å². The van der Waals surface area contributed by atoms with Gasteiger partial charge in [0, 0.05) is 31.0 Å². The molecule has 0 bridgehead atoms. The van der Waals surface area contributed by atoms with E-state index in [1.807, 2.05) is 18.2 Å². The van der Waals surface area contributed by atoms with Crippen molar-refractivity contribution in [3.05, 3.63) is 35.9 Å². The number of piperidine rings is 1. The Morgan fingerprint density at radius 3 is 2.48 bits per heavy atom. The quantitative estimate of drug-likeness (QED) is 0.890. The fourth-order valence-corrected chi connectivity index (χ4v) is 4.43. The molecule has 1 aliphatic heterocycles. The first-order valence-electron chi connectivity index (χ1n) is 8.34. The van der Waals surface area contributed by atoms with Crippen molar-refractivity contribution in [2.45, 2.75) is 38.1 Å². The number of nitrogens with zero attached hydrogens (tertiary/aromatic N) is 1. The van der Waals surface area contributed by atoms with Gasteiger partial charge in [-0.15, -0.1) is 0 Å². The number of sulfonamides is 1. The standard InChI is InChI=1S/C17H24N2O3S/c1-2-23(21,22)19-10-8-14(9-11-19)17(20)18-16-12-15(16)13-6-4-3-5-7-13/h3-7,14-16H,2,8-12H2,1H3,(H,18,20)/t15-,16+/m0/s1. The second-order valence-corrected chi connectivity index (χ2v) is 8.70. The van der Waals surface area contributed by atoms with E-state index < -0.39 is 10.0 Å². The molecule has 1 heterocycles. The van der Waals surface area contributed by atoms with Gasteiger partial charge in [-0.3, -0.25) is 4.79 Å². The molecule has 0 aromatic heterocycles. The van der Waals surface area contributed by atoms with E-state index in [1.54, 1.807) is 6.92 Å². The number of amides is 1. The summed E-state index contributed by atoms with van der Waals surface area (Å²) in [5.41, 5.74) is 1.28. The summed E-state index contributed by atoms with van der Waals surface area (Å²) in [5.74, 6) is 0.586. The fourth-order valence-electron chi connectivity index (χ4n) is 3.30. The summed E-state index contributed by atoms with van der Waals surface area (Å²) < 4.78 is 25.2. The van der Waals surface area contributed by atoms with Crippen molar-refractivity contribution >= 4 is 15.9 Å². The molecule has 5 nitrogen and oxygen atoms in total. The fraction of sp³-hybridized carbons (Fsp3) is 0.588. The average molecular weight is 336 g/mol. The van der Waals surface area contributed by atoms with Crippen molar-refractivity contribution in [1.82, 2.24) is 9.62 Å². The number of carbonyl (C=O) groups excluding carboxylic acids is 1. The number of nitrogens with one attached hydrogen (secondary N) is 1. The third-order valence-electron chi connectivity index (χ3n) is 4.93. The Morgan fingerprint density at radius 1 is 1.22 bits per heavy atom. The molecule has 1 aliphatic carbocycles. The molecule has 1 aromatic rings. The van der Waals surface area contributed by atoms with Crippen molar-refractivity contribution in [2.75, 3.05) is 18.8 Å². The number of benzene rings is 1. The molecule has 2 fully saturated rings. The van der Waals surface area contributed by atoms with Crippen LogP contribution in [0.1, 0.15) is 37.7 Å². The summed E-state index contributed by atoms with van der Waals surface area (Å²) in [5, 5.41) is 3.13. The highest BCUT2D eigenvalue weighted by molar-refractivity contribution is 7.89. The van der Waals surface area contributed by atoms with Crippen molar-refractivity contribution in [2.24, 2.45) is 5.92 Å². The van der Waals surface area contributed by atoms with Crippen molar-refractivity contribution in [3.8, 4) is 0 Å². The SMILES string of the molecule is CCS(=O)(=O)N1CCC(C(=O)N[C@@H]2C[C@H]2c2ccccc2)CC1. The third kappa shape index (κ3) is 3.75. The van der Waals surface area contributed by atoms with Gasteiger partial charge < -0.3 is 5.32 Å². The maximum Gasteiger partial charge on any atom is 0.223 e. The van der Waals surface area contributed by atoms with Gasteiger partial charge in [-0.05, 0) is 31.7 Å². The van der Waals surface area contributed by atoms with E-state index in [1.165, 1.54) is 9.87 Å². The molecule has 1 aromatic carbocycles. The second-order valence-electron chi connectivity index (χ2n) is 6.44. The van der Waals surface area contributed by atoms with E-state index in [0.29, 0.717) is 31.8 Å². The van der Waals surface area contributed by atoms with E-state index in [0.717, 1.165) is 6.42 Å². The molecule has 1 amide bonds. The molecule has 1 saturated carbocycles. The molecule has 6 heteroatoms. The first-order chi connectivity index (χ1) is 11.0. The molecule has 0 spiro atoms. The maximum atomic E-state index is 12.4. The smallest absolute Gasteiger partial charge is 0.223 e. The highest BCUT2D eigenvalue weighted by atomic mass is 32.2. The van der Waals surface area contributed by atoms with Gasteiger partial charge in [0.1, 0.15) is 0 Å². The number of rotatable bonds is 5. The number of hydrogen-bond acceptors (Lipinski definition) is 3. The highest BCUT2D eigenvalue weighted by Gasteiger charge is 2.41. The molecule has 2 atom stereocenters. The van der Waals surface area contributed by atoms with E-state index in [-0.39, 0.29) is 23.6 Å². The van der Waals surface area contributed by atoms with Crippen LogP contribution >= 0.6 is 0 Å². The van der Waals surface area contributed by atoms with E-state index in [4.69, 9.17) is 0 Å². The molecule has 1 saturated heterocycles. The largest absolute Gasteiger partial charge is 0.352 e. The van der Waals surface area contributed by atoms with E-state index in [9.17, 15) is 13.2 Å². The first-order valence-corrected chi connectivity index (χ1v) is 9.95. The summed E-state index contributed by atoms with van der Waals surface area (Å²) in [6, 6.07) is 10.5. The van der Waals surface area contributed by atoms with Crippen LogP contribution < -0.4 is 5.32 Å². The lowest BCUT2D eigenvalue weighted by Gasteiger charge is -2.30. The third-order valence-corrected chi connectivity index (χ3v) is 6.81. The Morgan fingerprint density at radius 2 is 1.87 bits per heavy atom. The monoisotopic (exact) mass is 336 g/mol. The van der Waals surface area contributed by atoms with E-state index >= 15 is 0 Å². The van der Waals surface area contributed by atoms with Crippen LogP contribution in [-0.4, -0.2) is 43.5 Å². The van der Waals surface area contributed by atoms with Gasteiger partial charge in [-0.1, -0.05) is 30.3 Å². The van der Waals surface area contributed by atoms with Gasteiger partial charge in [0.05, 0.1) is 5.75 Å². The van der Waals surface area contributed by atoms with Crippen molar-refractivity contribution in [1.29, 1.82) is 0 Å². The van der Waals surface area contributed by atoms with Crippen LogP contribution in [0, 0.1) is 5.92 Å². The Bertz CT molecular complexity index is 652. The van der Waals surface area contributed by atoms with Gasteiger partial charge in [0.15, 0.2) is 0 Å². The lowest BCUT2D eigenvalue weighted by atomic mass is 9.97. The minimum absolute atomic E-state index is 0.0599. The Balaban J connectivity index is 1.48. The van der Waals surface area contributed by atoms with Crippen molar-refractivity contribution < 1.29 is 13.2 Å². The van der Waals surface area contributed by atoms with Crippen LogP contribution in [0.2, 0.25) is 0 Å². The summed E-state index contributed by atoms with van der Waals surface area (Å²) >= 11 is 0. The van der Waals surface area contributed by atoms with Crippen LogP contribution in [0.25, 0.3) is 0 Å². The van der Waals surface area contributed by atoms with E-state index in [2.05, 4.69) is 17.4 Å². The minimum atomic E-state index is -3.12. The van der Waals surface area contributed by atoms with Crippen LogP contribution in [0.15, 0.2) is 30.3 Å². The predicted octanol–water partition coefficient (Wildman–Crippen LogP) is 1.72. The molecule has 3 rings (SSSR count). The molecule has 23 heavy (non-hydrogen) atoms. The second kappa shape index (κ2) is 6.61. The normalized spacial score (nSPS) is 26.0. The lowest BCUT2D eigenvalue weighted by molar-refractivity contribution is -0.126. The van der Waals surface area contributed by atoms with Gasteiger partial charge in [0.25, 0.3) is 0 Å². The molecule has 0 unspecified atom stereocenters. The predicted molar refractivity (Wildman–Crippen MR) is 89.5 cm³/mol. The molecule has 0 radical (unpaired) electrons. The zero-order valence-electron chi connectivity index (χ0n) is 13.4. The Hall–Kier alpha value is -1.40. The number of hydrogen-bond donors (Lipinski definition) is 1. The molecule has 1 N–H and O–H groups in total. The van der Waals surface area contributed by atoms with Gasteiger partial charge in [-0.25, -0.2) is 12.7 Å². The average Bonchev–Trinajstić information content (AvgIpc) is 3.35. The molecule has 126 valence electrons. The summed E-state index contributed by atoms with van der Waals surface area (Å²) in [6.45, 7) is 2.58. The van der Waals surface area contributed by atoms with Crippen LogP contribution in [0.3, 0.4) is 0 Å². The summed E-state index contributed by atoms with van der Waals surface area (Å²) in [7, 11) is -3.12. The molecular formula is C17H24N2O3S. The van der Waals surface area contributed by atoms with Crippen molar-refractivity contribution in [3.63, 3.8) is 0 Å². The molecular weight excluding hydrogens is 312 g/mol. The van der Waals surface area contributed by atoms with Gasteiger partial charge >= 0.3 is 0 Å². The topological polar surface area (TPSA) is 66.5 Å². The summed E-state index contributed by atoms with van der Waals surface area (Å²) in [6.07, 6.45) is 2.24. The van der Waals surface area contributed by atoms with Crippen LogP contribution in [0.4, 0.5) is 0 Å². The Kier molecular flexibility index (Phi) is 4.73. The maximum absolute atomic E-state index is 12.4. The van der Waals surface area contributed by atoms with Crippen LogP contribution in [-0.2, 0) is 14.8 Å². The highest BCUT2D eigenvalue weighted by Crippen LogP contribution is 2.40. The van der Waals surface area contributed by atoms with Crippen LogP contribution in [0.5, 0.6) is 0 Å². The first kappa shape index (κ1) is 16.5. The zero-order chi connectivity index (χ0) is 16.4. The lowest BCUT2D eigenvalue weighted by Crippen LogP contribution is -2.44. The summed E-state index contributed by atoms with van der Waals surface area (Å²) in [4.78, 5) is 12.4. The minimum Gasteiger partial charge on any atom is -0.352 e. The van der Waals surface area contributed by atoms with Gasteiger partial charge in [-0.2, -0.15) is 0 Å². The van der Waals surface area contributed by atoms with Gasteiger partial charge in [0.2, 0.25) is 15.9 Å². The number of carbonyl (C=O) groups is 1. The zero-order valence-corrected chi connectivity index (χ0v) is 14.3. The molecule has 2 aliphatic rings.